The van der Waals surface area contributed by atoms with Gasteiger partial charge >= 0.3 is 0 Å². The Bertz CT molecular complexity index is 653. The number of hydrogen-bond donors (Lipinski definition) is 1. The molecule has 0 atom stereocenters. The molecule has 2 aromatic heterocycles. The molecule has 0 aliphatic rings. The highest BCUT2D eigenvalue weighted by molar-refractivity contribution is 5.93. The molecule has 17 heavy (non-hydrogen) atoms. The van der Waals surface area contributed by atoms with Crippen LogP contribution in [-0.2, 0) is 6.42 Å². The Kier molecular flexibility index (Phi) is 2.41. The van der Waals surface area contributed by atoms with E-state index >= 15 is 0 Å². The van der Waals surface area contributed by atoms with Gasteiger partial charge in [0.25, 0.3) is 0 Å². The molecular weight excluding hydrogens is 208 g/mol. The van der Waals surface area contributed by atoms with Crippen LogP contribution in [0.4, 0.5) is 0 Å². The molecule has 3 aromatic rings. The third-order valence-electron chi connectivity index (χ3n) is 3.15. The minimum Gasteiger partial charge on any atom is -0.346 e. The predicted molar refractivity (Wildman–Crippen MR) is 70.9 cm³/mol. The molecule has 1 N–H and O–H groups in total. The van der Waals surface area contributed by atoms with Gasteiger partial charge in [-0.15, -0.1) is 0 Å². The maximum Gasteiger partial charge on any atom is 0.137 e. The summed E-state index contributed by atoms with van der Waals surface area (Å²) in [5.74, 6) is 0. The van der Waals surface area contributed by atoms with E-state index < -0.39 is 0 Å². The zero-order chi connectivity index (χ0) is 11.7. The number of fused-ring (bicyclic) bond motifs is 1. The van der Waals surface area contributed by atoms with Crippen molar-refractivity contribution < 1.29 is 0 Å². The Balaban J connectivity index is 2.30. The van der Waals surface area contributed by atoms with Crippen molar-refractivity contribution in [3.63, 3.8) is 0 Å². The van der Waals surface area contributed by atoms with Crippen LogP contribution in [0.5, 0.6) is 0 Å². The van der Waals surface area contributed by atoms with E-state index in [2.05, 4.69) is 53.3 Å². The minimum atomic E-state index is 0.952. The first kappa shape index (κ1) is 10.1. The molecule has 1 aromatic carbocycles. The van der Waals surface area contributed by atoms with Crippen molar-refractivity contribution in [3.05, 3.63) is 54.4 Å². The van der Waals surface area contributed by atoms with Crippen LogP contribution in [0.3, 0.4) is 0 Å². The number of H-pyrrole nitrogens is 1. The Morgan fingerprint density at radius 2 is 1.94 bits per heavy atom. The van der Waals surface area contributed by atoms with Crippen molar-refractivity contribution >= 4 is 11.0 Å². The fourth-order valence-corrected chi connectivity index (χ4v) is 2.29. The summed E-state index contributed by atoms with van der Waals surface area (Å²) in [5.41, 5.74) is 4.89. The van der Waals surface area contributed by atoms with Gasteiger partial charge in [-0.3, -0.25) is 0 Å². The van der Waals surface area contributed by atoms with E-state index in [1.54, 1.807) is 0 Å². The van der Waals surface area contributed by atoms with Gasteiger partial charge in [0, 0.05) is 17.8 Å². The number of benzene rings is 1. The predicted octanol–water partition coefficient (Wildman–Crippen LogP) is 3.79. The lowest BCUT2D eigenvalue weighted by Crippen LogP contribution is -1.88. The Labute approximate surface area is 100 Å². The van der Waals surface area contributed by atoms with E-state index in [1.165, 1.54) is 22.1 Å². The van der Waals surface area contributed by atoms with Crippen LogP contribution >= 0.6 is 0 Å². The van der Waals surface area contributed by atoms with Gasteiger partial charge in [0.15, 0.2) is 0 Å². The van der Waals surface area contributed by atoms with Crippen LogP contribution < -0.4 is 0 Å². The minimum absolute atomic E-state index is 0.952. The molecule has 84 valence electrons. The maximum absolute atomic E-state index is 4.33. The summed E-state index contributed by atoms with van der Waals surface area (Å²) in [6, 6.07) is 12.7. The average molecular weight is 222 g/mol. The molecule has 2 nitrogen and oxygen atoms in total. The van der Waals surface area contributed by atoms with Crippen LogP contribution in [0, 0.1) is 0 Å². The molecule has 0 aliphatic heterocycles. The van der Waals surface area contributed by atoms with E-state index in [9.17, 15) is 0 Å². The van der Waals surface area contributed by atoms with Crippen molar-refractivity contribution in [2.45, 2.75) is 13.3 Å². The molecule has 2 heterocycles. The summed E-state index contributed by atoms with van der Waals surface area (Å²) in [6.45, 7) is 2.19. The lowest BCUT2D eigenvalue weighted by Gasteiger charge is -2.08. The van der Waals surface area contributed by atoms with Crippen LogP contribution in [0.25, 0.3) is 22.2 Å². The van der Waals surface area contributed by atoms with E-state index in [1.807, 2.05) is 12.4 Å². The van der Waals surface area contributed by atoms with Gasteiger partial charge in [-0.25, -0.2) is 4.98 Å². The smallest absolute Gasteiger partial charge is 0.137 e. The van der Waals surface area contributed by atoms with Crippen molar-refractivity contribution in [1.29, 1.82) is 0 Å². The van der Waals surface area contributed by atoms with Crippen LogP contribution in [0.1, 0.15) is 12.5 Å². The lowest BCUT2D eigenvalue weighted by molar-refractivity contribution is 1.14. The van der Waals surface area contributed by atoms with Gasteiger partial charge in [0.2, 0.25) is 0 Å². The summed E-state index contributed by atoms with van der Waals surface area (Å²) < 4.78 is 0. The zero-order valence-electron chi connectivity index (χ0n) is 9.77. The largest absolute Gasteiger partial charge is 0.346 e. The van der Waals surface area contributed by atoms with Crippen molar-refractivity contribution in [3.8, 4) is 11.1 Å². The van der Waals surface area contributed by atoms with Gasteiger partial charge in [-0.1, -0.05) is 31.2 Å². The standard InChI is InChI=1S/C15H14N2/c1-2-11-5-3-4-6-12(11)13-7-9-16-15-14(13)8-10-17-15/h3-10H,2H2,1H3,(H,16,17). The summed E-state index contributed by atoms with van der Waals surface area (Å²) >= 11 is 0. The number of aromatic amines is 1. The van der Waals surface area contributed by atoms with Crippen LogP contribution in [-0.4, -0.2) is 9.97 Å². The number of aryl methyl sites for hydroxylation is 1. The molecule has 0 bridgehead atoms. The normalized spacial score (nSPS) is 10.9. The number of pyridine rings is 1. The summed E-state index contributed by atoms with van der Waals surface area (Å²) in [7, 11) is 0. The first-order valence-corrected chi connectivity index (χ1v) is 5.90. The molecular formula is C15H14N2. The fraction of sp³-hybridized carbons (Fsp3) is 0.133. The number of rotatable bonds is 2. The van der Waals surface area contributed by atoms with Gasteiger partial charge in [-0.05, 0) is 35.2 Å². The van der Waals surface area contributed by atoms with Crippen LogP contribution in [0.15, 0.2) is 48.8 Å². The lowest BCUT2D eigenvalue weighted by atomic mass is 9.97. The molecule has 0 amide bonds. The van der Waals surface area contributed by atoms with E-state index in [4.69, 9.17) is 0 Å². The summed E-state index contributed by atoms with van der Waals surface area (Å²) in [5, 5.41) is 1.19. The molecule has 0 radical (unpaired) electrons. The molecule has 0 saturated carbocycles. The maximum atomic E-state index is 4.33. The van der Waals surface area contributed by atoms with Crippen molar-refractivity contribution in [2.24, 2.45) is 0 Å². The summed E-state index contributed by atoms with van der Waals surface area (Å²) in [4.78, 5) is 7.48. The third-order valence-corrected chi connectivity index (χ3v) is 3.15. The Morgan fingerprint density at radius 1 is 1.06 bits per heavy atom. The Hall–Kier alpha value is -2.09. The number of nitrogens with one attached hydrogen (secondary N) is 1. The SMILES string of the molecule is CCc1ccccc1-c1ccnc2[nH]ccc12. The first-order valence-electron chi connectivity index (χ1n) is 5.90. The topological polar surface area (TPSA) is 28.7 Å². The average Bonchev–Trinajstić information content (AvgIpc) is 2.86. The Morgan fingerprint density at radius 3 is 2.82 bits per heavy atom. The van der Waals surface area contributed by atoms with E-state index in [0.29, 0.717) is 0 Å². The third kappa shape index (κ3) is 1.62. The molecule has 0 saturated heterocycles. The number of hydrogen-bond acceptors (Lipinski definition) is 1. The molecule has 0 spiro atoms. The second kappa shape index (κ2) is 4.06. The van der Waals surface area contributed by atoms with Gasteiger partial charge in [-0.2, -0.15) is 0 Å². The molecule has 0 aliphatic carbocycles. The highest BCUT2D eigenvalue weighted by Gasteiger charge is 2.07. The second-order valence-corrected chi connectivity index (χ2v) is 4.11. The molecule has 3 rings (SSSR count). The number of aromatic nitrogens is 2. The monoisotopic (exact) mass is 222 g/mol. The fourth-order valence-electron chi connectivity index (χ4n) is 2.29. The first-order chi connectivity index (χ1) is 8.40. The molecule has 2 heteroatoms. The zero-order valence-corrected chi connectivity index (χ0v) is 9.77. The molecule has 0 fully saturated rings. The quantitative estimate of drug-likeness (QED) is 0.702. The summed E-state index contributed by atoms with van der Waals surface area (Å²) in [6.07, 6.45) is 4.85. The van der Waals surface area contributed by atoms with Gasteiger partial charge in [0.05, 0.1) is 0 Å². The van der Waals surface area contributed by atoms with Crippen molar-refractivity contribution in [2.75, 3.05) is 0 Å². The van der Waals surface area contributed by atoms with Crippen molar-refractivity contribution in [1.82, 2.24) is 9.97 Å². The van der Waals surface area contributed by atoms with E-state index in [-0.39, 0.29) is 0 Å². The second-order valence-electron chi connectivity index (χ2n) is 4.11. The molecule has 0 unspecified atom stereocenters. The highest BCUT2D eigenvalue weighted by Crippen LogP contribution is 2.29. The highest BCUT2D eigenvalue weighted by atomic mass is 14.8. The number of nitrogens with zero attached hydrogens (tertiary/aromatic N) is 1. The van der Waals surface area contributed by atoms with E-state index in [0.717, 1.165) is 12.1 Å². The van der Waals surface area contributed by atoms with Gasteiger partial charge < -0.3 is 4.98 Å². The van der Waals surface area contributed by atoms with Gasteiger partial charge in [0.1, 0.15) is 5.65 Å². The van der Waals surface area contributed by atoms with Crippen LogP contribution in [0.2, 0.25) is 0 Å².